The molecule has 1 saturated heterocycles. The Morgan fingerprint density at radius 2 is 1.67 bits per heavy atom. The lowest BCUT2D eigenvalue weighted by atomic mass is 10.1. The summed E-state index contributed by atoms with van der Waals surface area (Å²) in [4.78, 5) is 25.6. The molecule has 1 aliphatic carbocycles. The van der Waals surface area contributed by atoms with Gasteiger partial charge in [-0.05, 0) is 67.8 Å². The van der Waals surface area contributed by atoms with E-state index < -0.39 is 10.0 Å². The van der Waals surface area contributed by atoms with Crippen LogP contribution in [-0.2, 0) is 14.8 Å². The molecule has 0 aromatic heterocycles. The lowest BCUT2D eigenvalue weighted by molar-refractivity contribution is -0.117. The van der Waals surface area contributed by atoms with Crippen LogP contribution < -0.4 is 9.62 Å². The lowest BCUT2D eigenvalue weighted by Crippen LogP contribution is -2.23. The average Bonchev–Trinajstić information content (AvgIpc) is 3.43. The highest BCUT2D eigenvalue weighted by Crippen LogP contribution is 2.33. The van der Waals surface area contributed by atoms with E-state index in [1.165, 1.54) is 12.1 Å². The van der Waals surface area contributed by atoms with Gasteiger partial charge in [0, 0.05) is 35.8 Å². The summed E-state index contributed by atoms with van der Waals surface area (Å²) in [6.07, 6.45) is 3.22. The zero-order valence-corrected chi connectivity index (χ0v) is 15.5. The molecule has 1 N–H and O–H groups in total. The second-order valence-corrected chi connectivity index (χ2v) is 8.65. The Morgan fingerprint density at radius 3 is 2.22 bits per heavy atom. The van der Waals surface area contributed by atoms with Crippen LogP contribution in [0.25, 0.3) is 0 Å². The van der Waals surface area contributed by atoms with Crippen LogP contribution in [0, 0.1) is 5.92 Å². The van der Waals surface area contributed by atoms with Crippen LogP contribution in [0.15, 0.2) is 53.4 Å². The van der Waals surface area contributed by atoms with Crippen molar-refractivity contribution in [1.29, 1.82) is 0 Å². The fraction of sp³-hybridized carbons (Fsp3) is 0.300. The Hall–Kier alpha value is -2.67. The molecule has 1 heterocycles. The van der Waals surface area contributed by atoms with Gasteiger partial charge in [0.05, 0.1) is 4.90 Å². The van der Waals surface area contributed by atoms with E-state index in [2.05, 4.69) is 4.72 Å². The number of benzene rings is 2. The van der Waals surface area contributed by atoms with Crippen LogP contribution in [0.4, 0.5) is 11.4 Å². The number of rotatable bonds is 6. The maximum absolute atomic E-state index is 12.6. The Balaban J connectivity index is 1.48. The summed E-state index contributed by atoms with van der Waals surface area (Å²) < 4.78 is 27.7. The average molecular weight is 384 g/mol. The lowest BCUT2D eigenvalue weighted by Gasteiger charge is -2.16. The summed E-state index contributed by atoms with van der Waals surface area (Å²) in [5.41, 5.74) is 1.72. The summed E-state index contributed by atoms with van der Waals surface area (Å²) in [6, 6.07) is 12.8. The van der Waals surface area contributed by atoms with Crippen LogP contribution >= 0.6 is 0 Å². The van der Waals surface area contributed by atoms with Crippen LogP contribution in [-0.4, -0.2) is 26.7 Å². The molecule has 140 valence electrons. The quantitative estimate of drug-likeness (QED) is 0.775. The van der Waals surface area contributed by atoms with E-state index in [9.17, 15) is 18.0 Å². The number of ketones is 1. The smallest absolute Gasteiger partial charge is 0.261 e. The minimum absolute atomic E-state index is 0.0598. The van der Waals surface area contributed by atoms with Crippen molar-refractivity contribution in [2.75, 3.05) is 16.2 Å². The van der Waals surface area contributed by atoms with Gasteiger partial charge in [-0.15, -0.1) is 0 Å². The maximum Gasteiger partial charge on any atom is 0.261 e. The molecule has 4 rings (SSSR count). The van der Waals surface area contributed by atoms with Crippen molar-refractivity contribution in [3.05, 3.63) is 54.1 Å². The number of hydrogen-bond acceptors (Lipinski definition) is 4. The number of carbonyl (C=O) groups is 2. The predicted molar refractivity (Wildman–Crippen MR) is 102 cm³/mol. The first-order chi connectivity index (χ1) is 12.9. The van der Waals surface area contributed by atoms with Gasteiger partial charge in [0.1, 0.15) is 0 Å². The monoisotopic (exact) mass is 384 g/mol. The van der Waals surface area contributed by atoms with Crippen molar-refractivity contribution in [3.63, 3.8) is 0 Å². The minimum Gasteiger partial charge on any atom is -0.312 e. The Kier molecular flexibility index (Phi) is 4.47. The van der Waals surface area contributed by atoms with Crippen molar-refractivity contribution >= 4 is 33.1 Å². The first-order valence-corrected chi connectivity index (χ1v) is 10.5. The van der Waals surface area contributed by atoms with E-state index in [0.29, 0.717) is 29.9 Å². The third-order valence-electron chi connectivity index (χ3n) is 4.90. The molecule has 2 aliphatic rings. The molecule has 0 unspecified atom stereocenters. The minimum atomic E-state index is -3.74. The summed E-state index contributed by atoms with van der Waals surface area (Å²) >= 11 is 0. The molecule has 27 heavy (non-hydrogen) atoms. The Bertz CT molecular complexity index is 978. The molecule has 2 aromatic carbocycles. The largest absolute Gasteiger partial charge is 0.312 e. The summed E-state index contributed by atoms with van der Waals surface area (Å²) in [5.74, 6) is 0.314. The molecule has 2 fully saturated rings. The maximum atomic E-state index is 12.6. The number of carbonyl (C=O) groups excluding carboxylic acids is 2. The standard InChI is InChI=1S/C20H20N2O4S/c23-19-2-1-13-22(19)17-9-11-18(12-10-17)27(25,26)21-16-7-5-15(6-8-16)20(24)14-3-4-14/h5-12,14,21H,1-4,13H2. The topological polar surface area (TPSA) is 83.6 Å². The van der Waals surface area contributed by atoms with Gasteiger partial charge in [-0.1, -0.05) is 0 Å². The zero-order chi connectivity index (χ0) is 19.0. The van der Waals surface area contributed by atoms with Gasteiger partial charge in [-0.2, -0.15) is 0 Å². The van der Waals surface area contributed by atoms with Crippen molar-refractivity contribution in [1.82, 2.24) is 0 Å². The fourth-order valence-corrected chi connectivity index (χ4v) is 4.28. The molecule has 1 saturated carbocycles. The highest BCUT2D eigenvalue weighted by atomic mass is 32.2. The van der Waals surface area contributed by atoms with Crippen LogP contribution in [0.3, 0.4) is 0 Å². The van der Waals surface area contributed by atoms with Gasteiger partial charge in [0.2, 0.25) is 5.91 Å². The van der Waals surface area contributed by atoms with Gasteiger partial charge < -0.3 is 4.90 Å². The van der Waals surface area contributed by atoms with E-state index in [1.54, 1.807) is 41.3 Å². The Morgan fingerprint density at radius 1 is 1.00 bits per heavy atom. The van der Waals surface area contributed by atoms with Crippen molar-refractivity contribution in [2.24, 2.45) is 5.92 Å². The number of sulfonamides is 1. The molecule has 1 aliphatic heterocycles. The van der Waals surface area contributed by atoms with Crippen molar-refractivity contribution in [3.8, 4) is 0 Å². The van der Waals surface area contributed by atoms with E-state index in [-0.39, 0.29) is 22.5 Å². The number of amides is 1. The molecule has 0 bridgehead atoms. The van der Waals surface area contributed by atoms with Crippen LogP contribution in [0.1, 0.15) is 36.0 Å². The van der Waals surface area contributed by atoms with E-state index >= 15 is 0 Å². The first kappa shape index (κ1) is 17.7. The summed E-state index contributed by atoms with van der Waals surface area (Å²) in [5, 5.41) is 0. The molecular weight excluding hydrogens is 364 g/mol. The highest BCUT2D eigenvalue weighted by Gasteiger charge is 2.30. The van der Waals surface area contributed by atoms with Gasteiger partial charge in [0.15, 0.2) is 5.78 Å². The normalized spacial score (nSPS) is 17.2. The molecule has 2 aromatic rings. The van der Waals surface area contributed by atoms with Crippen molar-refractivity contribution < 1.29 is 18.0 Å². The molecule has 0 atom stereocenters. The zero-order valence-electron chi connectivity index (χ0n) is 14.7. The van der Waals surface area contributed by atoms with E-state index in [0.717, 1.165) is 19.3 Å². The number of hydrogen-bond donors (Lipinski definition) is 1. The van der Waals surface area contributed by atoms with E-state index in [1.807, 2.05) is 0 Å². The highest BCUT2D eigenvalue weighted by molar-refractivity contribution is 7.92. The molecule has 7 heteroatoms. The SMILES string of the molecule is O=C(c1ccc(NS(=O)(=O)c2ccc(N3CCCC3=O)cc2)cc1)C1CC1. The number of nitrogens with one attached hydrogen (secondary N) is 1. The first-order valence-electron chi connectivity index (χ1n) is 9.01. The fourth-order valence-electron chi connectivity index (χ4n) is 3.22. The molecule has 0 radical (unpaired) electrons. The Labute approximate surface area is 158 Å². The number of nitrogens with zero attached hydrogens (tertiary/aromatic N) is 1. The van der Waals surface area contributed by atoms with Crippen molar-refractivity contribution in [2.45, 2.75) is 30.6 Å². The van der Waals surface area contributed by atoms with Gasteiger partial charge in [-0.3, -0.25) is 14.3 Å². The van der Waals surface area contributed by atoms with Crippen LogP contribution in [0.5, 0.6) is 0 Å². The third kappa shape index (κ3) is 3.73. The molecular formula is C20H20N2O4S. The summed E-state index contributed by atoms with van der Waals surface area (Å²) in [7, 11) is -3.74. The third-order valence-corrected chi connectivity index (χ3v) is 6.30. The number of anilines is 2. The second kappa shape index (κ2) is 6.81. The predicted octanol–water partition coefficient (Wildman–Crippen LogP) is 3.21. The van der Waals surface area contributed by atoms with E-state index in [4.69, 9.17) is 0 Å². The number of Topliss-reactive ketones (excluding diaryl/α,β-unsaturated/α-hetero) is 1. The molecule has 6 nitrogen and oxygen atoms in total. The van der Waals surface area contributed by atoms with Crippen LogP contribution in [0.2, 0.25) is 0 Å². The van der Waals surface area contributed by atoms with Gasteiger partial charge in [0.25, 0.3) is 10.0 Å². The van der Waals surface area contributed by atoms with Gasteiger partial charge >= 0.3 is 0 Å². The second-order valence-electron chi connectivity index (χ2n) is 6.96. The van der Waals surface area contributed by atoms with Gasteiger partial charge in [-0.25, -0.2) is 8.42 Å². The summed E-state index contributed by atoms with van der Waals surface area (Å²) in [6.45, 7) is 0.662. The molecule has 1 amide bonds. The molecule has 0 spiro atoms.